The van der Waals surface area contributed by atoms with Crippen molar-refractivity contribution in [3.63, 3.8) is 0 Å². The van der Waals surface area contributed by atoms with Gasteiger partial charge in [0.05, 0.1) is 24.9 Å². The van der Waals surface area contributed by atoms with Crippen LogP contribution in [0.1, 0.15) is 41.5 Å². The van der Waals surface area contributed by atoms with E-state index in [1.54, 1.807) is 0 Å². The Morgan fingerprint density at radius 1 is 0.857 bits per heavy atom. The van der Waals surface area contributed by atoms with Crippen LogP contribution in [0.25, 0.3) is 0 Å². The number of rotatable bonds is 7. The predicted molar refractivity (Wildman–Crippen MR) is 78.0 cm³/mol. The van der Waals surface area contributed by atoms with Crippen LogP contribution in [-0.4, -0.2) is 65.8 Å². The molecule has 5 unspecified atom stereocenters. The van der Waals surface area contributed by atoms with Crippen LogP contribution in [-0.2, 0) is 18.9 Å². The molecule has 6 heteroatoms. The van der Waals surface area contributed by atoms with E-state index in [0.29, 0.717) is 0 Å². The number of ether oxygens (including phenoxy) is 4. The Kier molecular flexibility index (Phi) is 7.53. The van der Waals surface area contributed by atoms with Crippen molar-refractivity contribution in [1.29, 1.82) is 0 Å². The van der Waals surface area contributed by atoms with Gasteiger partial charge in [0.25, 0.3) is 0 Å². The molecule has 0 bridgehead atoms. The summed E-state index contributed by atoms with van der Waals surface area (Å²) < 4.78 is 22.4. The third kappa shape index (κ3) is 5.81. The lowest BCUT2D eigenvalue weighted by molar-refractivity contribution is -0.320. The zero-order valence-corrected chi connectivity index (χ0v) is 13.9. The Balaban J connectivity index is 2.79. The molecule has 0 aliphatic carbocycles. The standard InChI is InChI=1S/C15H30O6/c1-8(2)18-7-11-12(16)14(19-9(3)4)13(17)15(21-11)20-10(5)6/h8-17H,7H2,1-6H3. The molecule has 126 valence electrons. The average molecular weight is 306 g/mol. The fourth-order valence-corrected chi connectivity index (χ4v) is 2.18. The number of hydrogen-bond donors (Lipinski definition) is 2. The Morgan fingerprint density at radius 2 is 1.43 bits per heavy atom. The van der Waals surface area contributed by atoms with E-state index in [0.717, 1.165) is 0 Å². The van der Waals surface area contributed by atoms with Crippen molar-refractivity contribution >= 4 is 0 Å². The van der Waals surface area contributed by atoms with Gasteiger partial charge in [-0.1, -0.05) is 0 Å². The summed E-state index contributed by atoms with van der Waals surface area (Å²) >= 11 is 0. The summed E-state index contributed by atoms with van der Waals surface area (Å²) in [6.45, 7) is 11.5. The molecule has 1 saturated heterocycles. The van der Waals surface area contributed by atoms with Crippen molar-refractivity contribution in [2.24, 2.45) is 0 Å². The minimum Gasteiger partial charge on any atom is -0.387 e. The molecule has 0 spiro atoms. The van der Waals surface area contributed by atoms with Gasteiger partial charge in [0.15, 0.2) is 6.29 Å². The molecule has 1 aliphatic heterocycles. The van der Waals surface area contributed by atoms with Crippen LogP contribution in [0.2, 0.25) is 0 Å². The lowest BCUT2D eigenvalue weighted by atomic mass is 9.98. The normalized spacial score (nSPS) is 34.1. The highest BCUT2D eigenvalue weighted by Crippen LogP contribution is 2.26. The molecule has 1 heterocycles. The molecule has 1 rings (SSSR count). The minimum atomic E-state index is -1.04. The van der Waals surface area contributed by atoms with Crippen molar-refractivity contribution < 1.29 is 29.2 Å². The molecule has 1 fully saturated rings. The largest absolute Gasteiger partial charge is 0.387 e. The van der Waals surface area contributed by atoms with E-state index in [2.05, 4.69) is 0 Å². The SMILES string of the molecule is CC(C)OCC1OC(OC(C)C)C(O)C(OC(C)C)C1O. The Labute approximate surface area is 127 Å². The van der Waals surface area contributed by atoms with E-state index in [-0.39, 0.29) is 24.9 Å². The molecule has 2 N–H and O–H groups in total. The van der Waals surface area contributed by atoms with Gasteiger partial charge in [-0.3, -0.25) is 0 Å². The summed E-state index contributed by atoms with van der Waals surface area (Å²) in [7, 11) is 0. The first kappa shape index (κ1) is 18.8. The van der Waals surface area contributed by atoms with E-state index in [4.69, 9.17) is 18.9 Å². The Morgan fingerprint density at radius 3 is 1.90 bits per heavy atom. The Hall–Kier alpha value is -0.240. The van der Waals surface area contributed by atoms with Gasteiger partial charge in [-0.2, -0.15) is 0 Å². The molecule has 0 aromatic carbocycles. The molecule has 0 radical (unpaired) electrons. The molecule has 1 aliphatic rings. The summed E-state index contributed by atoms with van der Waals surface area (Å²) in [6.07, 6.45) is -4.39. The summed E-state index contributed by atoms with van der Waals surface area (Å²) in [5.74, 6) is 0. The average Bonchev–Trinajstić information content (AvgIpc) is 2.35. The smallest absolute Gasteiger partial charge is 0.186 e. The zero-order valence-electron chi connectivity index (χ0n) is 13.9. The summed E-state index contributed by atoms with van der Waals surface area (Å²) in [6, 6.07) is 0. The highest BCUT2D eigenvalue weighted by atomic mass is 16.7. The molecule has 0 aromatic heterocycles. The van der Waals surface area contributed by atoms with Crippen LogP contribution in [0.4, 0.5) is 0 Å². The maximum atomic E-state index is 10.4. The third-order valence-corrected chi connectivity index (χ3v) is 3.07. The second-order valence-corrected chi connectivity index (χ2v) is 6.24. The summed E-state index contributed by atoms with van der Waals surface area (Å²) in [5, 5.41) is 20.7. The van der Waals surface area contributed by atoms with Crippen LogP contribution in [0.5, 0.6) is 0 Å². The van der Waals surface area contributed by atoms with E-state index in [1.165, 1.54) is 0 Å². The van der Waals surface area contributed by atoms with Crippen molar-refractivity contribution in [2.45, 2.75) is 90.6 Å². The quantitative estimate of drug-likeness (QED) is 0.733. The molecular weight excluding hydrogens is 276 g/mol. The molecule has 0 saturated carbocycles. The lowest BCUT2D eigenvalue weighted by Gasteiger charge is -2.43. The molecule has 6 nitrogen and oxygen atoms in total. The van der Waals surface area contributed by atoms with Gasteiger partial charge in [-0.15, -0.1) is 0 Å². The molecule has 0 aromatic rings. The minimum absolute atomic E-state index is 0.0292. The molecule has 21 heavy (non-hydrogen) atoms. The fourth-order valence-electron chi connectivity index (χ4n) is 2.18. The van der Waals surface area contributed by atoms with Crippen molar-refractivity contribution in [1.82, 2.24) is 0 Å². The topological polar surface area (TPSA) is 77.4 Å². The van der Waals surface area contributed by atoms with E-state index in [9.17, 15) is 10.2 Å². The second kappa shape index (κ2) is 8.41. The zero-order chi connectivity index (χ0) is 16.2. The first-order chi connectivity index (χ1) is 9.72. The summed E-state index contributed by atoms with van der Waals surface area (Å²) in [4.78, 5) is 0. The van der Waals surface area contributed by atoms with Crippen LogP contribution in [0.15, 0.2) is 0 Å². The molecule has 5 atom stereocenters. The third-order valence-electron chi connectivity index (χ3n) is 3.07. The monoisotopic (exact) mass is 306 g/mol. The van der Waals surface area contributed by atoms with Crippen LogP contribution in [0, 0.1) is 0 Å². The highest BCUT2D eigenvalue weighted by Gasteiger charge is 2.46. The Bertz CT molecular complexity index is 294. The fraction of sp³-hybridized carbons (Fsp3) is 1.00. The van der Waals surface area contributed by atoms with Crippen LogP contribution < -0.4 is 0 Å². The van der Waals surface area contributed by atoms with Gasteiger partial charge >= 0.3 is 0 Å². The van der Waals surface area contributed by atoms with E-state index >= 15 is 0 Å². The van der Waals surface area contributed by atoms with Gasteiger partial charge < -0.3 is 29.2 Å². The van der Waals surface area contributed by atoms with Gasteiger partial charge in [0.2, 0.25) is 0 Å². The van der Waals surface area contributed by atoms with Crippen molar-refractivity contribution in [3.8, 4) is 0 Å². The highest BCUT2D eigenvalue weighted by molar-refractivity contribution is 4.91. The second-order valence-electron chi connectivity index (χ2n) is 6.24. The molecular formula is C15H30O6. The van der Waals surface area contributed by atoms with E-state index < -0.39 is 30.7 Å². The molecule has 0 amide bonds. The van der Waals surface area contributed by atoms with Gasteiger partial charge in [-0.25, -0.2) is 0 Å². The van der Waals surface area contributed by atoms with Gasteiger partial charge in [-0.05, 0) is 41.5 Å². The maximum Gasteiger partial charge on any atom is 0.186 e. The predicted octanol–water partition coefficient (Wildman–Crippen LogP) is 1.08. The first-order valence-electron chi connectivity index (χ1n) is 7.66. The van der Waals surface area contributed by atoms with Crippen LogP contribution in [0.3, 0.4) is 0 Å². The maximum absolute atomic E-state index is 10.4. The van der Waals surface area contributed by atoms with Gasteiger partial charge in [0.1, 0.15) is 24.4 Å². The van der Waals surface area contributed by atoms with Gasteiger partial charge in [0, 0.05) is 0 Å². The number of aliphatic hydroxyl groups is 2. The summed E-state index contributed by atoms with van der Waals surface area (Å²) in [5.41, 5.74) is 0. The first-order valence-corrected chi connectivity index (χ1v) is 7.66. The van der Waals surface area contributed by atoms with E-state index in [1.807, 2.05) is 41.5 Å². The van der Waals surface area contributed by atoms with Crippen molar-refractivity contribution in [3.05, 3.63) is 0 Å². The van der Waals surface area contributed by atoms with Crippen molar-refractivity contribution in [2.75, 3.05) is 6.61 Å². The van der Waals surface area contributed by atoms with Crippen LogP contribution >= 0.6 is 0 Å². The number of aliphatic hydroxyl groups excluding tert-OH is 2. The number of hydrogen-bond acceptors (Lipinski definition) is 6. The lowest BCUT2D eigenvalue weighted by Crippen LogP contribution is -2.61.